The Labute approximate surface area is 393 Å². The van der Waals surface area contributed by atoms with Crippen LogP contribution in [0.2, 0.25) is 0 Å². The maximum absolute atomic E-state index is 13.1. The fourth-order valence-electron chi connectivity index (χ4n) is 10.4. The molecule has 1 aromatic carbocycles. The number of unbranched alkanes of at least 4 members (excludes halogenated alkanes) is 2. The summed E-state index contributed by atoms with van der Waals surface area (Å²) in [5, 5.41) is 21.4. The van der Waals surface area contributed by atoms with Gasteiger partial charge in [-0.05, 0) is 130 Å². The van der Waals surface area contributed by atoms with E-state index in [1.165, 1.54) is 10.1 Å². The van der Waals surface area contributed by atoms with Crippen molar-refractivity contribution in [3.05, 3.63) is 87.5 Å². The van der Waals surface area contributed by atoms with Crippen molar-refractivity contribution in [1.82, 2.24) is 34.3 Å². The van der Waals surface area contributed by atoms with Gasteiger partial charge in [0.2, 0.25) is 17.7 Å². The summed E-state index contributed by atoms with van der Waals surface area (Å²) < 4.78 is 25.9. The minimum atomic E-state index is -0.678. The van der Waals surface area contributed by atoms with Crippen LogP contribution in [0.5, 0.6) is 5.88 Å². The van der Waals surface area contributed by atoms with Gasteiger partial charge in [0.15, 0.2) is 5.82 Å². The summed E-state index contributed by atoms with van der Waals surface area (Å²) in [5.74, 6) is 1.48. The number of fused-ring (bicyclic) bond motifs is 2. The van der Waals surface area contributed by atoms with Gasteiger partial charge in [0.1, 0.15) is 6.04 Å². The third-order valence-electron chi connectivity index (χ3n) is 14.2. The van der Waals surface area contributed by atoms with E-state index in [0.717, 1.165) is 118 Å². The summed E-state index contributed by atoms with van der Waals surface area (Å²) in [6.45, 7) is 6.45. The molecule has 67 heavy (non-hydrogen) atoms. The predicted molar refractivity (Wildman–Crippen MR) is 254 cm³/mol. The molecule has 0 bridgehead atoms. The Kier molecular flexibility index (Phi) is 16.8. The van der Waals surface area contributed by atoms with Crippen molar-refractivity contribution < 1.29 is 33.6 Å². The molecular formula is C51H68N8O8. The highest BCUT2D eigenvalue weighted by Gasteiger charge is 2.35. The molecule has 2 aliphatic heterocycles. The van der Waals surface area contributed by atoms with E-state index in [9.17, 15) is 19.5 Å². The highest BCUT2D eigenvalue weighted by Crippen LogP contribution is 2.45. The Balaban J connectivity index is 0.691. The van der Waals surface area contributed by atoms with Gasteiger partial charge in [0, 0.05) is 63.0 Å². The average molecular weight is 921 g/mol. The molecular weight excluding hydrogens is 853 g/mol. The SMILES string of the molecule is COc1cc(CC(=N)c2ncc3c(n2)C(CC2CCC(O)CC2)C=C3C2CCN(CCOCCOCCOCCCCCc3ccc4c(c3)n(C)c(=O)n4C3CCC(=O)NC3=O)CC2)ccn1. The number of aromatic nitrogens is 5. The lowest BCUT2D eigenvalue weighted by Crippen LogP contribution is -2.44. The Morgan fingerprint density at radius 2 is 1.61 bits per heavy atom. The van der Waals surface area contributed by atoms with Crippen LogP contribution in [0.25, 0.3) is 16.6 Å². The van der Waals surface area contributed by atoms with Crippen LogP contribution < -0.4 is 15.7 Å². The first-order chi connectivity index (χ1) is 32.6. The number of carbonyl (C=O) groups excluding carboxylic acids is 2. The molecule has 5 heterocycles. The number of imidazole rings is 1. The lowest BCUT2D eigenvalue weighted by Gasteiger charge is -2.32. The Morgan fingerprint density at radius 1 is 0.851 bits per heavy atom. The molecule has 3 aromatic heterocycles. The molecule has 8 rings (SSSR count). The van der Waals surface area contributed by atoms with Crippen molar-refractivity contribution >= 4 is 34.1 Å². The van der Waals surface area contributed by atoms with Gasteiger partial charge in [-0.3, -0.25) is 24.0 Å². The van der Waals surface area contributed by atoms with Gasteiger partial charge < -0.3 is 34.4 Å². The first kappa shape index (κ1) is 48.3. The second-order valence-corrected chi connectivity index (χ2v) is 18.8. The molecule has 360 valence electrons. The maximum Gasteiger partial charge on any atom is 0.329 e. The lowest BCUT2D eigenvalue weighted by molar-refractivity contribution is -0.135. The molecule has 16 nitrogen and oxygen atoms in total. The number of aliphatic hydroxyl groups excluding tert-OH is 1. The predicted octanol–water partition coefficient (Wildman–Crippen LogP) is 5.72. The van der Waals surface area contributed by atoms with E-state index < -0.39 is 11.9 Å². The maximum atomic E-state index is 13.1. The third-order valence-corrected chi connectivity index (χ3v) is 14.2. The van der Waals surface area contributed by atoms with Crippen LogP contribution in [0.4, 0.5) is 0 Å². The number of rotatable bonds is 23. The molecule has 0 radical (unpaired) electrons. The van der Waals surface area contributed by atoms with Gasteiger partial charge >= 0.3 is 5.69 Å². The molecule has 4 aliphatic rings. The molecule has 16 heteroatoms. The summed E-state index contributed by atoms with van der Waals surface area (Å²) >= 11 is 0. The highest BCUT2D eigenvalue weighted by molar-refractivity contribution is 6.00. The van der Waals surface area contributed by atoms with E-state index in [-0.39, 0.29) is 30.0 Å². The van der Waals surface area contributed by atoms with Crippen molar-refractivity contribution in [3.8, 4) is 5.88 Å². The average Bonchev–Trinajstić information content (AvgIpc) is 3.82. The number of likely N-dealkylation sites (tertiary alicyclic amines) is 1. The highest BCUT2D eigenvalue weighted by atomic mass is 16.5. The first-order valence-corrected chi connectivity index (χ1v) is 24.5. The molecule has 0 spiro atoms. The number of hydrogen-bond donors (Lipinski definition) is 3. The van der Waals surface area contributed by atoms with Gasteiger partial charge in [-0.25, -0.2) is 19.7 Å². The standard InChI is InChI=1S/C51H68N8O8/c1-57-45-30-34(9-12-43(45)59(51(57)63)44-13-14-46(61)55-50(44)62)6-4-3-5-22-65-24-26-67-27-25-66-23-21-58-19-16-37(17-20-58)40-32-38(28-35-7-10-39(60)11-8-35)48-41(40)33-54-49(56-48)42(52)29-36-15-18-53-47(31-36)64-2/h9,12,15,18,30-33,35,37-39,44,52,60H,3-8,10-11,13-14,16-17,19-29H2,1-2H3,(H,55,61,62). The molecule has 3 fully saturated rings. The summed E-state index contributed by atoms with van der Waals surface area (Å²) in [7, 11) is 3.31. The van der Waals surface area contributed by atoms with Crippen molar-refractivity contribution in [2.75, 3.05) is 66.4 Å². The lowest BCUT2D eigenvalue weighted by atomic mass is 9.81. The van der Waals surface area contributed by atoms with Crippen LogP contribution in [0.15, 0.2) is 53.6 Å². The van der Waals surface area contributed by atoms with E-state index in [2.05, 4.69) is 21.3 Å². The molecule has 4 aromatic rings. The number of allylic oxidation sites excluding steroid dienone is 2. The topological polar surface area (TPSA) is 196 Å². The zero-order chi connectivity index (χ0) is 46.7. The fraction of sp³-hybridized carbons (Fsp3) is 0.588. The second-order valence-electron chi connectivity index (χ2n) is 18.8. The normalized spacial score (nSPS) is 21.4. The minimum absolute atomic E-state index is 0.176. The fourth-order valence-corrected chi connectivity index (χ4v) is 10.4. The number of aliphatic hydroxyl groups is 1. The number of amides is 2. The number of aryl methyl sites for hydroxylation is 2. The number of imide groups is 1. The molecule has 2 saturated heterocycles. The number of methoxy groups -OCH3 is 1. The van der Waals surface area contributed by atoms with E-state index in [1.54, 1.807) is 24.9 Å². The molecule has 2 aliphatic carbocycles. The number of benzene rings is 1. The number of nitrogens with zero attached hydrogens (tertiary/aromatic N) is 6. The number of carbonyl (C=O) groups is 2. The Bertz CT molecular complexity index is 2430. The number of nitrogens with one attached hydrogen (secondary N) is 2. The quantitative estimate of drug-likeness (QED) is 0.0466. The zero-order valence-corrected chi connectivity index (χ0v) is 39.3. The van der Waals surface area contributed by atoms with E-state index in [1.807, 2.05) is 36.5 Å². The van der Waals surface area contributed by atoms with E-state index >= 15 is 0 Å². The number of ether oxygens (including phenoxy) is 4. The first-order valence-electron chi connectivity index (χ1n) is 24.5. The summed E-state index contributed by atoms with van der Waals surface area (Å²) in [5.41, 5.74) is 7.28. The minimum Gasteiger partial charge on any atom is -0.481 e. The van der Waals surface area contributed by atoms with E-state index in [0.29, 0.717) is 87.3 Å². The van der Waals surface area contributed by atoms with Gasteiger partial charge in [-0.2, -0.15) is 0 Å². The number of piperidine rings is 2. The molecule has 2 unspecified atom stereocenters. The Hall–Kier alpha value is -5.13. The van der Waals surface area contributed by atoms with Crippen molar-refractivity contribution in [2.45, 2.75) is 108 Å². The number of hydrogen-bond acceptors (Lipinski definition) is 13. The largest absolute Gasteiger partial charge is 0.481 e. The summed E-state index contributed by atoms with van der Waals surface area (Å²) in [6.07, 6.45) is 17.8. The second kappa shape index (κ2) is 23.3. The molecule has 2 atom stereocenters. The Morgan fingerprint density at radius 3 is 2.37 bits per heavy atom. The van der Waals surface area contributed by atoms with Crippen LogP contribution >= 0.6 is 0 Å². The number of pyridine rings is 1. The summed E-state index contributed by atoms with van der Waals surface area (Å²) in [6, 6.07) is 9.04. The van der Waals surface area contributed by atoms with Crippen LogP contribution in [-0.4, -0.2) is 124 Å². The van der Waals surface area contributed by atoms with Gasteiger partial charge in [-0.1, -0.05) is 18.6 Å². The smallest absolute Gasteiger partial charge is 0.329 e. The van der Waals surface area contributed by atoms with Crippen LogP contribution in [-0.2, 0) is 43.7 Å². The van der Waals surface area contributed by atoms with E-state index in [4.69, 9.17) is 34.3 Å². The van der Waals surface area contributed by atoms with Crippen molar-refractivity contribution in [2.24, 2.45) is 18.9 Å². The van der Waals surface area contributed by atoms with Crippen molar-refractivity contribution in [1.29, 1.82) is 5.41 Å². The van der Waals surface area contributed by atoms with Crippen LogP contribution in [0, 0.1) is 17.2 Å². The van der Waals surface area contributed by atoms with Gasteiger partial charge in [0.25, 0.3) is 0 Å². The molecule has 3 N–H and O–H groups in total. The third kappa shape index (κ3) is 12.3. The van der Waals surface area contributed by atoms with Crippen LogP contribution in [0.1, 0.15) is 117 Å². The van der Waals surface area contributed by atoms with Crippen LogP contribution in [0.3, 0.4) is 0 Å². The monoisotopic (exact) mass is 921 g/mol. The van der Waals surface area contributed by atoms with Gasteiger partial charge in [-0.15, -0.1) is 0 Å². The zero-order valence-electron chi connectivity index (χ0n) is 39.3. The van der Waals surface area contributed by atoms with Crippen molar-refractivity contribution in [3.63, 3.8) is 0 Å². The molecule has 2 amide bonds. The summed E-state index contributed by atoms with van der Waals surface area (Å²) in [4.78, 5) is 53.7. The molecule has 1 saturated carbocycles. The van der Waals surface area contributed by atoms with Gasteiger partial charge in [0.05, 0.1) is 68.7 Å².